The first-order valence-electron chi connectivity index (χ1n) is 9.21. The molecule has 1 saturated heterocycles. The van der Waals surface area contributed by atoms with Gasteiger partial charge in [0.15, 0.2) is 0 Å². The first-order chi connectivity index (χ1) is 10.2. The van der Waals surface area contributed by atoms with Gasteiger partial charge in [0.2, 0.25) is 0 Å². The van der Waals surface area contributed by atoms with Crippen LogP contribution in [0.25, 0.3) is 0 Å². The lowest BCUT2D eigenvalue weighted by Crippen LogP contribution is -2.53. The van der Waals surface area contributed by atoms with Crippen molar-refractivity contribution >= 4 is 0 Å². The standard InChI is InChI=1S/C18H36N2O/c1-4-10-19-14-18(8-6-16(3)7-9-18)15-20-11-12-21-13-17(20)5-2/h16-17,19H,4-15H2,1-3H3. The van der Waals surface area contributed by atoms with Crippen LogP contribution >= 0.6 is 0 Å². The molecule has 1 atom stereocenters. The van der Waals surface area contributed by atoms with E-state index < -0.39 is 0 Å². The van der Waals surface area contributed by atoms with E-state index in [1.54, 1.807) is 0 Å². The van der Waals surface area contributed by atoms with Crippen molar-refractivity contribution in [3.8, 4) is 0 Å². The van der Waals surface area contributed by atoms with E-state index in [0.29, 0.717) is 11.5 Å². The molecule has 0 amide bonds. The fraction of sp³-hybridized carbons (Fsp3) is 1.00. The van der Waals surface area contributed by atoms with Crippen LogP contribution in [0.15, 0.2) is 0 Å². The topological polar surface area (TPSA) is 24.5 Å². The van der Waals surface area contributed by atoms with E-state index in [1.165, 1.54) is 51.6 Å². The minimum absolute atomic E-state index is 0.506. The lowest BCUT2D eigenvalue weighted by Gasteiger charge is -2.46. The van der Waals surface area contributed by atoms with Crippen LogP contribution in [0.3, 0.4) is 0 Å². The molecular formula is C18H36N2O. The van der Waals surface area contributed by atoms with Gasteiger partial charge in [-0.25, -0.2) is 0 Å². The zero-order valence-corrected chi connectivity index (χ0v) is 14.5. The van der Waals surface area contributed by atoms with Crippen molar-refractivity contribution in [2.75, 3.05) is 39.4 Å². The molecular weight excluding hydrogens is 260 g/mol. The molecule has 0 bridgehead atoms. The summed E-state index contributed by atoms with van der Waals surface area (Å²) in [5.74, 6) is 0.927. The van der Waals surface area contributed by atoms with Crippen LogP contribution < -0.4 is 5.32 Å². The second kappa shape index (κ2) is 8.50. The summed E-state index contributed by atoms with van der Waals surface area (Å²) in [6.07, 6.45) is 8.08. The van der Waals surface area contributed by atoms with E-state index in [9.17, 15) is 0 Å². The van der Waals surface area contributed by atoms with Crippen LogP contribution in [0.5, 0.6) is 0 Å². The number of hydrogen-bond acceptors (Lipinski definition) is 3. The number of nitrogens with one attached hydrogen (secondary N) is 1. The molecule has 2 aliphatic rings. The van der Waals surface area contributed by atoms with Crippen molar-refractivity contribution in [1.29, 1.82) is 0 Å². The van der Waals surface area contributed by atoms with Gasteiger partial charge in [-0.3, -0.25) is 4.90 Å². The van der Waals surface area contributed by atoms with Crippen LogP contribution in [-0.4, -0.2) is 50.3 Å². The number of ether oxygens (including phenoxy) is 1. The predicted molar refractivity (Wildman–Crippen MR) is 89.7 cm³/mol. The maximum atomic E-state index is 5.68. The van der Waals surface area contributed by atoms with Gasteiger partial charge in [-0.15, -0.1) is 0 Å². The first-order valence-corrected chi connectivity index (χ1v) is 9.21. The summed E-state index contributed by atoms with van der Waals surface area (Å²) in [5, 5.41) is 3.72. The van der Waals surface area contributed by atoms with Gasteiger partial charge in [0, 0.05) is 25.7 Å². The third kappa shape index (κ3) is 4.94. The van der Waals surface area contributed by atoms with Gasteiger partial charge >= 0.3 is 0 Å². The highest BCUT2D eigenvalue weighted by atomic mass is 16.5. The highest BCUT2D eigenvalue weighted by molar-refractivity contribution is 4.91. The van der Waals surface area contributed by atoms with Gasteiger partial charge in [0.1, 0.15) is 0 Å². The average molecular weight is 296 g/mol. The molecule has 0 radical (unpaired) electrons. The zero-order valence-electron chi connectivity index (χ0n) is 14.5. The van der Waals surface area contributed by atoms with Crippen LogP contribution in [-0.2, 0) is 4.74 Å². The summed E-state index contributed by atoms with van der Waals surface area (Å²) in [6.45, 7) is 13.6. The molecule has 0 aromatic carbocycles. The van der Waals surface area contributed by atoms with Crippen molar-refractivity contribution in [2.45, 2.75) is 65.3 Å². The van der Waals surface area contributed by atoms with E-state index in [-0.39, 0.29) is 0 Å². The minimum atomic E-state index is 0.506. The van der Waals surface area contributed by atoms with Gasteiger partial charge in [-0.1, -0.05) is 33.6 Å². The molecule has 1 heterocycles. The molecule has 3 heteroatoms. The molecule has 1 saturated carbocycles. The molecule has 124 valence electrons. The summed E-state index contributed by atoms with van der Waals surface area (Å²) < 4.78 is 5.68. The molecule has 2 fully saturated rings. The predicted octanol–water partition coefficient (Wildman–Crippen LogP) is 3.29. The fourth-order valence-electron chi connectivity index (χ4n) is 4.00. The maximum Gasteiger partial charge on any atom is 0.0622 e. The summed E-state index contributed by atoms with van der Waals surface area (Å²) in [4.78, 5) is 2.73. The van der Waals surface area contributed by atoms with Gasteiger partial charge in [0.05, 0.1) is 13.2 Å². The molecule has 3 nitrogen and oxygen atoms in total. The van der Waals surface area contributed by atoms with Crippen molar-refractivity contribution < 1.29 is 4.74 Å². The Labute approximate surface area is 131 Å². The summed E-state index contributed by atoms with van der Waals surface area (Å²) in [6, 6.07) is 0.640. The van der Waals surface area contributed by atoms with E-state index in [1.807, 2.05) is 0 Å². The number of nitrogens with zero attached hydrogens (tertiary/aromatic N) is 1. The van der Waals surface area contributed by atoms with Crippen LogP contribution in [0.2, 0.25) is 0 Å². The highest BCUT2D eigenvalue weighted by Gasteiger charge is 2.37. The number of morpholine rings is 1. The minimum Gasteiger partial charge on any atom is -0.378 e. The first kappa shape index (κ1) is 17.2. The second-order valence-electron chi connectivity index (χ2n) is 7.47. The van der Waals surface area contributed by atoms with Crippen molar-refractivity contribution in [3.63, 3.8) is 0 Å². The Morgan fingerprint density at radius 1 is 1.24 bits per heavy atom. The van der Waals surface area contributed by atoms with Crippen molar-refractivity contribution in [1.82, 2.24) is 10.2 Å². The normalized spacial score (nSPS) is 35.0. The van der Waals surface area contributed by atoms with Crippen molar-refractivity contribution in [3.05, 3.63) is 0 Å². The molecule has 1 aliphatic heterocycles. The smallest absolute Gasteiger partial charge is 0.0622 e. The molecule has 0 spiro atoms. The molecule has 2 rings (SSSR count). The highest BCUT2D eigenvalue weighted by Crippen LogP contribution is 2.39. The van der Waals surface area contributed by atoms with Crippen LogP contribution in [0.1, 0.15) is 59.3 Å². The Morgan fingerprint density at radius 2 is 2.00 bits per heavy atom. The number of rotatable bonds is 7. The van der Waals surface area contributed by atoms with E-state index in [0.717, 1.165) is 32.2 Å². The van der Waals surface area contributed by atoms with Gasteiger partial charge in [-0.2, -0.15) is 0 Å². The Balaban J connectivity index is 1.97. The molecule has 1 N–H and O–H groups in total. The average Bonchev–Trinajstić information content (AvgIpc) is 2.51. The monoisotopic (exact) mass is 296 g/mol. The van der Waals surface area contributed by atoms with E-state index in [2.05, 4.69) is 31.0 Å². The Morgan fingerprint density at radius 3 is 2.67 bits per heavy atom. The van der Waals surface area contributed by atoms with E-state index in [4.69, 9.17) is 4.74 Å². The third-order valence-corrected chi connectivity index (χ3v) is 5.62. The van der Waals surface area contributed by atoms with Gasteiger partial charge in [0.25, 0.3) is 0 Å². The summed E-state index contributed by atoms with van der Waals surface area (Å²) >= 11 is 0. The summed E-state index contributed by atoms with van der Waals surface area (Å²) in [7, 11) is 0. The lowest BCUT2D eigenvalue weighted by molar-refractivity contribution is -0.0363. The quantitative estimate of drug-likeness (QED) is 0.730. The molecule has 1 aliphatic carbocycles. The van der Waals surface area contributed by atoms with Crippen LogP contribution in [0, 0.1) is 11.3 Å². The Kier molecular flexibility index (Phi) is 6.97. The Hall–Kier alpha value is -0.120. The molecule has 21 heavy (non-hydrogen) atoms. The van der Waals surface area contributed by atoms with E-state index >= 15 is 0 Å². The zero-order chi connectivity index (χ0) is 15.1. The Bertz CT molecular complexity index is 287. The second-order valence-corrected chi connectivity index (χ2v) is 7.47. The van der Waals surface area contributed by atoms with Crippen LogP contribution in [0.4, 0.5) is 0 Å². The maximum absolute atomic E-state index is 5.68. The molecule has 0 aromatic rings. The summed E-state index contributed by atoms with van der Waals surface area (Å²) in [5.41, 5.74) is 0.506. The van der Waals surface area contributed by atoms with Gasteiger partial charge < -0.3 is 10.1 Å². The lowest BCUT2D eigenvalue weighted by atomic mass is 9.70. The SMILES string of the molecule is CCCNCC1(CN2CCOCC2CC)CCC(C)CC1. The largest absolute Gasteiger partial charge is 0.378 e. The molecule has 1 unspecified atom stereocenters. The van der Waals surface area contributed by atoms with Gasteiger partial charge in [-0.05, 0) is 43.6 Å². The third-order valence-electron chi connectivity index (χ3n) is 5.62. The van der Waals surface area contributed by atoms with Crippen molar-refractivity contribution in [2.24, 2.45) is 11.3 Å². The number of hydrogen-bond donors (Lipinski definition) is 1. The molecule has 0 aromatic heterocycles. The fourth-order valence-corrected chi connectivity index (χ4v) is 4.00.